The van der Waals surface area contributed by atoms with Crippen LogP contribution in [0.1, 0.15) is 28.3 Å². The largest absolute Gasteiger partial charge is 0.497 e. The van der Waals surface area contributed by atoms with Gasteiger partial charge >= 0.3 is 0 Å². The van der Waals surface area contributed by atoms with E-state index in [0.29, 0.717) is 6.61 Å². The number of hydrogen-bond donors (Lipinski definition) is 1. The zero-order chi connectivity index (χ0) is 20.1. The van der Waals surface area contributed by atoms with Crippen molar-refractivity contribution in [3.8, 4) is 17.2 Å². The summed E-state index contributed by atoms with van der Waals surface area (Å²) in [5.41, 5.74) is 5.03. The Morgan fingerprint density at radius 1 is 0.828 bits per heavy atom. The third kappa shape index (κ3) is 4.72. The zero-order valence-corrected chi connectivity index (χ0v) is 17.0. The van der Waals surface area contributed by atoms with Crippen molar-refractivity contribution in [1.82, 2.24) is 5.32 Å². The van der Waals surface area contributed by atoms with Gasteiger partial charge in [-0.25, -0.2) is 0 Å². The summed E-state index contributed by atoms with van der Waals surface area (Å²) in [6.07, 6.45) is 1.89. The molecule has 150 valence electrons. The van der Waals surface area contributed by atoms with Gasteiger partial charge in [-0.05, 0) is 65.9 Å². The van der Waals surface area contributed by atoms with E-state index in [1.54, 1.807) is 14.2 Å². The average Bonchev–Trinajstić information content (AvgIpc) is 2.78. The molecule has 0 bridgehead atoms. The lowest BCUT2D eigenvalue weighted by Gasteiger charge is -2.27. The number of methoxy groups -OCH3 is 2. The molecule has 0 fully saturated rings. The maximum absolute atomic E-state index is 6.05. The second-order valence-corrected chi connectivity index (χ2v) is 7.32. The highest BCUT2D eigenvalue weighted by Crippen LogP contribution is 2.31. The molecule has 0 radical (unpaired) electrons. The van der Waals surface area contributed by atoms with Crippen LogP contribution in [0.15, 0.2) is 66.7 Å². The monoisotopic (exact) mass is 389 g/mol. The minimum atomic E-state index is 0.263. The number of benzene rings is 3. The highest BCUT2D eigenvalue weighted by molar-refractivity contribution is 5.42. The summed E-state index contributed by atoms with van der Waals surface area (Å²) in [5.74, 6) is 2.56. The first-order valence-electron chi connectivity index (χ1n) is 10.00. The first-order valence-corrected chi connectivity index (χ1v) is 10.00. The van der Waals surface area contributed by atoms with Crippen LogP contribution in [0.5, 0.6) is 17.2 Å². The number of nitrogens with one attached hydrogen (secondary N) is 1. The summed E-state index contributed by atoms with van der Waals surface area (Å²) in [6, 6.07) is 23.0. The molecule has 1 heterocycles. The molecule has 0 spiro atoms. The van der Waals surface area contributed by atoms with Gasteiger partial charge in [0.15, 0.2) is 0 Å². The molecule has 0 aliphatic carbocycles. The summed E-state index contributed by atoms with van der Waals surface area (Å²) in [5, 5.41) is 3.65. The van der Waals surface area contributed by atoms with Gasteiger partial charge < -0.3 is 19.5 Å². The Balaban J connectivity index is 1.53. The van der Waals surface area contributed by atoms with E-state index in [1.807, 2.05) is 30.3 Å². The number of fused-ring (bicyclic) bond motifs is 1. The van der Waals surface area contributed by atoms with Crippen molar-refractivity contribution in [2.75, 3.05) is 20.8 Å². The molecular weight excluding hydrogens is 362 g/mol. The Morgan fingerprint density at radius 2 is 1.62 bits per heavy atom. The van der Waals surface area contributed by atoms with Crippen LogP contribution in [0.2, 0.25) is 0 Å². The molecule has 1 aliphatic rings. The van der Waals surface area contributed by atoms with Gasteiger partial charge in [0.2, 0.25) is 0 Å². The molecule has 1 unspecified atom stereocenters. The van der Waals surface area contributed by atoms with E-state index in [9.17, 15) is 0 Å². The first-order chi connectivity index (χ1) is 14.2. The minimum Gasteiger partial charge on any atom is -0.497 e. The standard InChI is InChI=1S/C25H27NO3/c1-27-21-8-9-24-20(15-21)10-11-26-25(24)14-19-12-22(28-2)16-23(13-19)29-17-18-6-4-3-5-7-18/h3-9,12-13,15-16,25-26H,10-11,14,17H2,1-2H3. The van der Waals surface area contributed by atoms with Gasteiger partial charge in [0.25, 0.3) is 0 Å². The van der Waals surface area contributed by atoms with E-state index in [-0.39, 0.29) is 6.04 Å². The quantitative estimate of drug-likeness (QED) is 0.635. The van der Waals surface area contributed by atoms with Crippen LogP contribution >= 0.6 is 0 Å². The van der Waals surface area contributed by atoms with E-state index in [0.717, 1.165) is 42.2 Å². The second kappa shape index (κ2) is 9.01. The van der Waals surface area contributed by atoms with E-state index in [2.05, 4.69) is 41.7 Å². The van der Waals surface area contributed by atoms with Crippen molar-refractivity contribution in [2.24, 2.45) is 0 Å². The zero-order valence-electron chi connectivity index (χ0n) is 17.0. The van der Waals surface area contributed by atoms with Crippen molar-refractivity contribution in [1.29, 1.82) is 0 Å². The van der Waals surface area contributed by atoms with Gasteiger partial charge in [-0.3, -0.25) is 0 Å². The summed E-state index contributed by atoms with van der Waals surface area (Å²) in [7, 11) is 3.41. The van der Waals surface area contributed by atoms with Crippen molar-refractivity contribution in [3.63, 3.8) is 0 Å². The highest BCUT2D eigenvalue weighted by atomic mass is 16.5. The number of ether oxygens (including phenoxy) is 3. The molecule has 1 N–H and O–H groups in total. The Labute approximate surface area is 172 Å². The van der Waals surface area contributed by atoms with Crippen molar-refractivity contribution >= 4 is 0 Å². The van der Waals surface area contributed by atoms with E-state index in [4.69, 9.17) is 14.2 Å². The third-order valence-electron chi connectivity index (χ3n) is 5.37. The second-order valence-electron chi connectivity index (χ2n) is 7.32. The van der Waals surface area contributed by atoms with Gasteiger partial charge in [-0.2, -0.15) is 0 Å². The van der Waals surface area contributed by atoms with Crippen LogP contribution in [-0.2, 0) is 19.4 Å². The lowest BCUT2D eigenvalue weighted by Crippen LogP contribution is -2.31. The van der Waals surface area contributed by atoms with E-state index >= 15 is 0 Å². The molecule has 0 amide bonds. The predicted molar refractivity (Wildman–Crippen MR) is 115 cm³/mol. The smallest absolute Gasteiger partial charge is 0.123 e. The van der Waals surface area contributed by atoms with Crippen molar-refractivity contribution in [2.45, 2.75) is 25.5 Å². The molecule has 0 aromatic heterocycles. The van der Waals surface area contributed by atoms with Crippen LogP contribution in [-0.4, -0.2) is 20.8 Å². The number of rotatable bonds is 7. The normalized spacial score (nSPS) is 15.4. The topological polar surface area (TPSA) is 39.7 Å². The minimum absolute atomic E-state index is 0.263. The molecule has 0 saturated heterocycles. The third-order valence-corrected chi connectivity index (χ3v) is 5.37. The molecule has 0 saturated carbocycles. The summed E-state index contributed by atoms with van der Waals surface area (Å²) in [4.78, 5) is 0. The van der Waals surface area contributed by atoms with Crippen LogP contribution < -0.4 is 19.5 Å². The van der Waals surface area contributed by atoms with Crippen LogP contribution in [0.4, 0.5) is 0 Å². The Bertz CT molecular complexity index is 956. The SMILES string of the molecule is COc1cc(CC2NCCc3cc(OC)ccc32)cc(OCc2ccccc2)c1. The number of hydrogen-bond acceptors (Lipinski definition) is 4. The highest BCUT2D eigenvalue weighted by Gasteiger charge is 2.21. The van der Waals surface area contributed by atoms with Crippen LogP contribution in [0.25, 0.3) is 0 Å². The molecule has 4 rings (SSSR count). The molecule has 1 atom stereocenters. The lowest BCUT2D eigenvalue weighted by molar-refractivity contribution is 0.303. The van der Waals surface area contributed by atoms with Crippen molar-refractivity contribution in [3.05, 3.63) is 89.0 Å². The summed E-state index contributed by atoms with van der Waals surface area (Å²) >= 11 is 0. The van der Waals surface area contributed by atoms with E-state index in [1.165, 1.54) is 16.7 Å². The van der Waals surface area contributed by atoms with E-state index < -0.39 is 0 Å². The Kier molecular flexibility index (Phi) is 6.01. The fraction of sp³-hybridized carbons (Fsp3) is 0.280. The molecular formula is C25H27NO3. The molecule has 3 aromatic rings. The summed E-state index contributed by atoms with van der Waals surface area (Å²) in [6.45, 7) is 1.50. The van der Waals surface area contributed by atoms with Crippen molar-refractivity contribution < 1.29 is 14.2 Å². The van der Waals surface area contributed by atoms with Gasteiger partial charge in [0.1, 0.15) is 23.9 Å². The van der Waals surface area contributed by atoms with Gasteiger partial charge in [-0.15, -0.1) is 0 Å². The molecule has 4 heteroatoms. The van der Waals surface area contributed by atoms with Gasteiger partial charge in [0, 0.05) is 12.1 Å². The first kappa shape index (κ1) is 19.3. The maximum Gasteiger partial charge on any atom is 0.123 e. The molecule has 1 aliphatic heterocycles. The maximum atomic E-state index is 6.05. The average molecular weight is 389 g/mol. The molecule has 29 heavy (non-hydrogen) atoms. The Morgan fingerprint density at radius 3 is 2.41 bits per heavy atom. The van der Waals surface area contributed by atoms with Crippen LogP contribution in [0.3, 0.4) is 0 Å². The van der Waals surface area contributed by atoms with Gasteiger partial charge in [-0.1, -0.05) is 36.4 Å². The molecule has 3 aromatic carbocycles. The molecule has 4 nitrogen and oxygen atoms in total. The predicted octanol–water partition coefficient (Wildman–Crippen LogP) is 4.71. The fourth-order valence-electron chi connectivity index (χ4n) is 3.86. The summed E-state index contributed by atoms with van der Waals surface area (Å²) < 4.78 is 17.0. The van der Waals surface area contributed by atoms with Crippen LogP contribution in [0, 0.1) is 0 Å². The fourth-order valence-corrected chi connectivity index (χ4v) is 3.86. The Hall–Kier alpha value is -2.98. The van der Waals surface area contributed by atoms with Gasteiger partial charge in [0.05, 0.1) is 14.2 Å². The lowest BCUT2D eigenvalue weighted by atomic mass is 9.90.